The highest BCUT2D eigenvalue weighted by atomic mass is 15.1. The zero-order chi connectivity index (χ0) is 23.1. The first-order valence-electron chi connectivity index (χ1n) is 12.2. The van der Waals surface area contributed by atoms with Gasteiger partial charge in [-0.15, -0.1) is 0 Å². The Labute approximate surface area is 201 Å². The van der Waals surface area contributed by atoms with E-state index in [1.807, 2.05) is 0 Å². The minimum Gasteiger partial charge on any atom is -0.345 e. The number of hydrogen-bond donors (Lipinski definition) is 1. The fourth-order valence-corrected chi connectivity index (χ4v) is 5.17. The summed E-state index contributed by atoms with van der Waals surface area (Å²) in [6.07, 6.45) is 15.1. The Morgan fingerprint density at radius 2 is 1.74 bits per heavy atom. The van der Waals surface area contributed by atoms with Crippen LogP contribution in [0.4, 0.5) is 5.69 Å². The first-order valence-corrected chi connectivity index (χ1v) is 12.2. The van der Waals surface area contributed by atoms with Crippen molar-refractivity contribution in [2.24, 2.45) is 5.73 Å². The number of anilines is 1. The summed E-state index contributed by atoms with van der Waals surface area (Å²) in [5, 5.41) is 0. The zero-order valence-electron chi connectivity index (χ0n) is 19.6. The van der Waals surface area contributed by atoms with Gasteiger partial charge in [-0.25, -0.2) is 4.98 Å². The molecule has 0 spiro atoms. The summed E-state index contributed by atoms with van der Waals surface area (Å²) in [6, 6.07) is 24.1. The van der Waals surface area contributed by atoms with Crippen LogP contribution in [0.3, 0.4) is 0 Å². The number of aromatic nitrogens is 2. The lowest BCUT2D eigenvalue weighted by molar-refractivity contribution is 0.253. The van der Waals surface area contributed by atoms with Crippen LogP contribution < -0.4 is 10.6 Å². The molecule has 34 heavy (non-hydrogen) atoms. The number of nitrogens with two attached hydrogens (primary N) is 1. The maximum atomic E-state index is 6.57. The van der Waals surface area contributed by atoms with Gasteiger partial charge in [-0.2, -0.15) is 0 Å². The van der Waals surface area contributed by atoms with Gasteiger partial charge >= 0.3 is 0 Å². The molecule has 2 N–H and O–H groups in total. The van der Waals surface area contributed by atoms with Crippen molar-refractivity contribution in [2.75, 3.05) is 4.90 Å². The Bertz CT molecular complexity index is 1370. The predicted octanol–water partition coefficient (Wildman–Crippen LogP) is 6.67. The molecular formula is C30H30N4. The molecule has 0 bridgehead atoms. The van der Waals surface area contributed by atoms with Crippen molar-refractivity contribution in [3.63, 3.8) is 0 Å². The minimum absolute atomic E-state index is 0.152. The number of rotatable bonds is 4. The Balaban J connectivity index is 1.47. The van der Waals surface area contributed by atoms with E-state index in [-0.39, 0.29) is 5.54 Å². The third-order valence-electron chi connectivity index (χ3n) is 7.38. The van der Waals surface area contributed by atoms with Crippen LogP contribution in [0.5, 0.6) is 0 Å². The summed E-state index contributed by atoms with van der Waals surface area (Å²) in [5.41, 5.74) is 14.1. The van der Waals surface area contributed by atoms with E-state index in [9.17, 15) is 0 Å². The van der Waals surface area contributed by atoms with E-state index in [1.54, 1.807) is 0 Å². The summed E-state index contributed by atoms with van der Waals surface area (Å²) < 4.78 is 2.21. The average Bonchev–Trinajstić information content (AvgIpc) is 3.10. The van der Waals surface area contributed by atoms with E-state index in [0.717, 1.165) is 53.1 Å². The van der Waals surface area contributed by atoms with Gasteiger partial charge in [0, 0.05) is 46.9 Å². The molecule has 0 amide bonds. The van der Waals surface area contributed by atoms with E-state index in [2.05, 4.69) is 114 Å². The van der Waals surface area contributed by atoms with Gasteiger partial charge in [-0.3, -0.25) is 4.40 Å². The summed E-state index contributed by atoms with van der Waals surface area (Å²) in [5.74, 6) is 0. The average molecular weight is 447 g/mol. The summed E-state index contributed by atoms with van der Waals surface area (Å²) in [4.78, 5) is 7.48. The second-order valence-corrected chi connectivity index (χ2v) is 9.64. The van der Waals surface area contributed by atoms with Gasteiger partial charge in [0.05, 0.1) is 11.4 Å². The van der Waals surface area contributed by atoms with Crippen molar-refractivity contribution in [1.29, 1.82) is 0 Å². The highest BCUT2D eigenvalue weighted by Crippen LogP contribution is 2.40. The Morgan fingerprint density at radius 1 is 0.941 bits per heavy atom. The quantitative estimate of drug-likeness (QED) is 0.381. The number of imidazole rings is 1. The van der Waals surface area contributed by atoms with Gasteiger partial charge in [-0.1, -0.05) is 66.7 Å². The molecule has 0 radical (unpaired) electrons. The molecule has 170 valence electrons. The third-order valence-corrected chi connectivity index (χ3v) is 7.38. The molecule has 4 heteroatoms. The molecule has 1 aliphatic carbocycles. The molecule has 1 atom stereocenters. The van der Waals surface area contributed by atoms with E-state index in [1.165, 1.54) is 12.0 Å². The molecule has 4 aromatic rings. The maximum Gasteiger partial charge on any atom is 0.140 e. The number of benzene rings is 2. The topological polar surface area (TPSA) is 46.6 Å². The van der Waals surface area contributed by atoms with E-state index < -0.39 is 0 Å². The molecular weight excluding hydrogens is 416 g/mol. The van der Waals surface area contributed by atoms with Gasteiger partial charge in [0.25, 0.3) is 0 Å². The van der Waals surface area contributed by atoms with Crippen LogP contribution in [0.15, 0.2) is 97.4 Å². The molecule has 2 aromatic carbocycles. The van der Waals surface area contributed by atoms with Crippen LogP contribution in [-0.4, -0.2) is 15.4 Å². The number of hydrogen-bond acceptors (Lipinski definition) is 3. The minimum atomic E-state index is -0.152. The zero-order valence-corrected chi connectivity index (χ0v) is 19.6. The monoisotopic (exact) mass is 446 g/mol. The Morgan fingerprint density at radius 3 is 2.47 bits per heavy atom. The first kappa shape index (κ1) is 20.9. The van der Waals surface area contributed by atoms with E-state index >= 15 is 0 Å². The van der Waals surface area contributed by atoms with Crippen molar-refractivity contribution in [3.05, 3.63) is 103 Å². The van der Waals surface area contributed by atoms with Gasteiger partial charge in [0.15, 0.2) is 0 Å². The largest absolute Gasteiger partial charge is 0.345 e. The SMILES string of the molecule is CC1CC=CC=CN1c1ccn2c(-c3ccccc3)c(-c3ccc(C4(N)CCC4)cc3)nc2c1. The van der Waals surface area contributed by atoms with Crippen LogP contribution >= 0.6 is 0 Å². The second-order valence-electron chi connectivity index (χ2n) is 9.64. The Hall–Kier alpha value is -3.63. The normalized spacial score (nSPS) is 19.2. The van der Waals surface area contributed by atoms with Crippen molar-refractivity contribution < 1.29 is 0 Å². The van der Waals surface area contributed by atoms with Crippen molar-refractivity contribution >= 4 is 11.3 Å². The van der Waals surface area contributed by atoms with Gasteiger partial charge in [0.1, 0.15) is 5.65 Å². The van der Waals surface area contributed by atoms with Crippen LogP contribution in [0.25, 0.3) is 28.2 Å². The van der Waals surface area contributed by atoms with Crippen LogP contribution in [0.2, 0.25) is 0 Å². The lowest BCUT2D eigenvalue weighted by Crippen LogP contribution is -2.43. The molecule has 1 fully saturated rings. The van der Waals surface area contributed by atoms with Crippen LogP contribution in [0, 0.1) is 0 Å². The molecule has 6 rings (SSSR count). The lowest BCUT2D eigenvalue weighted by atomic mass is 9.72. The number of allylic oxidation sites excluding steroid dienone is 2. The fraction of sp³-hybridized carbons (Fsp3) is 0.233. The third kappa shape index (κ3) is 3.55. The highest BCUT2D eigenvalue weighted by Gasteiger charge is 2.34. The summed E-state index contributed by atoms with van der Waals surface area (Å²) in [6.45, 7) is 2.25. The summed E-state index contributed by atoms with van der Waals surface area (Å²) in [7, 11) is 0. The van der Waals surface area contributed by atoms with Gasteiger partial charge in [-0.05, 0) is 50.3 Å². The number of fused-ring (bicyclic) bond motifs is 1. The Kier molecular flexibility index (Phi) is 5.11. The lowest BCUT2D eigenvalue weighted by Gasteiger charge is -2.38. The van der Waals surface area contributed by atoms with E-state index in [4.69, 9.17) is 10.7 Å². The molecule has 4 nitrogen and oxygen atoms in total. The smallest absolute Gasteiger partial charge is 0.140 e. The van der Waals surface area contributed by atoms with Gasteiger partial charge in [0.2, 0.25) is 0 Å². The first-order chi connectivity index (χ1) is 16.6. The van der Waals surface area contributed by atoms with Crippen LogP contribution in [0.1, 0.15) is 38.2 Å². The van der Waals surface area contributed by atoms with E-state index in [0.29, 0.717) is 6.04 Å². The molecule has 3 heterocycles. The standard InChI is InChI=1S/C30H30N4/c1-22-9-4-3-7-19-33(22)26-16-20-34-27(21-26)32-28(29(34)24-10-5-2-6-11-24)23-12-14-25(15-13-23)30(31)17-8-18-30/h2-7,10-16,19-22H,8-9,17-18,31H2,1H3. The molecule has 1 saturated carbocycles. The second kappa shape index (κ2) is 8.30. The number of pyridine rings is 1. The van der Waals surface area contributed by atoms with Crippen molar-refractivity contribution in [2.45, 2.75) is 44.2 Å². The predicted molar refractivity (Wildman–Crippen MR) is 141 cm³/mol. The van der Waals surface area contributed by atoms with Crippen LogP contribution in [-0.2, 0) is 5.54 Å². The highest BCUT2D eigenvalue weighted by molar-refractivity contribution is 5.83. The number of nitrogens with zero attached hydrogens (tertiary/aromatic N) is 3. The molecule has 2 aromatic heterocycles. The maximum absolute atomic E-state index is 6.57. The summed E-state index contributed by atoms with van der Waals surface area (Å²) >= 11 is 0. The molecule has 0 saturated heterocycles. The van der Waals surface area contributed by atoms with Crippen molar-refractivity contribution in [3.8, 4) is 22.5 Å². The van der Waals surface area contributed by atoms with Crippen molar-refractivity contribution in [1.82, 2.24) is 9.38 Å². The molecule has 2 aliphatic rings. The van der Waals surface area contributed by atoms with Gasteiger partial charge < -0.3 is 10.6 Å². The molecule has 1 aliphatic heterocycles. The fourth-order valence-electron chi connectivity index (χ4n) is 5.17. The molecule has 1 unspecified atom stereocenters.